The lowest BCUT2D eigenvalue weighted by Crippen LogP contribution is -2.26. The molecule has 132 valence electrons. The minimum atomic E-state index is -0.433. The van der Waals surface area contributed by atoms with Gasteiger partial charge in [-0.2, -0.15) is 5.26 Å². The average molecular weight is 341 g/mol. The Balaban J connectivity index is 2.36. The Morgan fingerprint density at radius 2 is 2.04 bits per heavy atom. The summed E-state index contributed by atoms with van der Waals surface area (Å²) in [6.45, 7) is 8.04. The Bertz CT molecular complexity index is 900. The van der Waals surface area contributed by atoms with E-state index in [0.717, 1.165) is 11.4 Å². The van der Waals surface area contributed by atoms with E-state index in [0.29, 0.717) is 17.7 Å². The van der Waals surface area contributed by atoms with Gasteiger partial charge in [-0.05, 0) is 45.4 Å². The molecule has 2 aromatic rings. The highest BCUT2D eigenvalue weighted by molar-refractivity contribution is 5.97. The van der Waals surface area contributed by atoms with E-state index in [1.54, 1.807) is 26.3 Å². The molecule has 0 fully saturated rings. The highest BCUT2D eigenvalue weighted by Gasteiger charge is 2.19. The predicted molar refractivity (Wildman–Crippen MR) is 95.0 cm³/mol. The Kier molecular flexibility index (Phi) is 5.60. The second-order valence-corrected chi connectivity index (χ2v) is 6.30. The fraction of sp³-hybridized carbons (Fsp3) is 0.421. The van der Waals surface area contributed by atoms with Crippen LogP contribution in [0.2, 0.25) is 0 Å². The second kappa shape index (κ2) is 7.49. The van der Waals surface area contributed by atoms with Crippen molar-refractivity contribution < 1.29 is 9.53 Å². The van der Waals surface area contributed by atoms with Gasteiger partial charge in [0.25, 0.3) is 5.56 Å². The Hall–Kier alpha value is -2.65. The fourth-order valence-electron chi connectivity index (χ4n) is 3.22. The molecule has 0 radical (unpaired) electrons. The molecule has 1 atom stereocenters. The summed E-state index contributed by atoms with van der Waals surface area (Å²) in [7, 11) is 1.65. The van der Waals surface area contributed by atoms with Crippen LogP contribution in [0, 0.1) is 32.1 Å². The highest BCUT2D eigenvalue weighted by Crippen LogP contribution is 2.21. The van der Waals surface area contributed by atoms with E-state index in [9.17, 15) is 9.59 Å². The van der Waals surface area contributed by atoms with Gasteiger partial charge < -0.3 is 13.9 Å². The van der Waals surface area contributed by atoms with Crippen molar-refractivity contribution in [2.75, 3.05) is 13.7 Å². The maximum absolute atomic E-state index is 12.7. The van der Waals surface area contributed by atoms with Crippen LogP contribution in [0.25, 0.3) is 0 Å². The zero-order chi connectivity index (χ0) is 18.7. The maximum atomic E-state index is 12.7. The van der Waals surface area contributed by atoms with Crippen molar-refractivity contribution in [2.45, 2.75) is 40.3 Å². The molecule has 0 aromatic carbocycles. The normalized spacial score (nSPS) is 12.0. The molecule has 0 aliphatic rings. The van der Waals surface area contributed by atoms with Gasteiger partial charge in [-0.15, -0.1) is 0 Å². The fourth-order valence-corrected chi connectivity index (χ4v) is 3.22. The first-order chi connectivity index (χ1) is 11.8. The van der Waals surface area contributed by atoms with Crippen molar-refractivity contribution in [2.24, 2.45) is 0 Å². The number of hydrogen-bond donors (Lipinski definition) is 0. The van der Waals surface area contributed by atoms with E-state index in [-0.39, 0.29) is 23.9 Å². The van der Waals surface area contributed by atoms with Gasteiger partial charge in [0.2, 0.25) is 0 Å². The molecule has 2 heterocycles. The molecule has 6 nitrogen and oxygen atoms in total. The Morgan fingerprint density at radius 3 is 2.64 bits per heavy atom. The minimum absolute atomic E-state index is 0.0782. The topological polar surface area (TPSA) is 77.0 Å². The van der Waals surface area contributed by atoms with Crippen LogP contribution in [0.5, 0.6) is 0 Å². The lowest BCUT2D eigenvalue weighted by molar-refractivity contribution is 0.0969. The number of carbonyl (C=O) groups excluding carboxylic acids is 1. The van der Waals surface area contributed by atoms with Gasteiger partial charge in [0, 0.05) is 30.3 Å². The van der Waals surface area contributed by atoms with Gasteiger partial charge >= 0.3 is 0 Å². The number of aromatic nitrogens is 2. The van der Waals surface area contributed by atoms with Crippen LogP contribution in [0.3, 0.4) is 0 Å². The number of ether oxygens (including phenoxy) is 1. The van der Waals surface area contributed by atoms with Crippen LogP contribution in [0.1, 0.15) is 45.8 Å². The van der Waals surface area contributed by atoms with Crippen LogP contribution in [-0.4, -0.2) is 28.6 Å². The third-order valence-corrected chi connectivity index (χ3v) is 4.43. The SMILES string of the molecule is COC[C@H](C)n1c(C)cc(C(=O)Cn2ccc(C)c(C#N)c2=O)c1C. The van der Waals surface area contributed by atoms with E-state index in [1.165, 1.54) is 4.57 Å². The number of methoxy groups -OCH3 is 1. The number of nitriles is 1. The summed E-state index contributed by atoms with van der Waals surface area (Å²) in [5.74, 6) is -0.154. The van der Waals surface area contributed by atoms with Crippen LogP contribution in [0.4, 0.5) is 0 Å². The first-order valence-electron chi connectivity index (χ1n) is 8.12. The predicted octanol–water partition coefficient (Wildman–Crippen LogP) is 2.54. The monoisotopic (exact) mass is 341 g/mol. The van der Waals surface area contributed by atoms with E-state index in [4.69, 9.17) is 10.00 Å². The van der Waals surface area contributed by atoms with Gasteiger partial charge in [0.1, 0.15) is 11.6 Å². The van der Waals surface area contributed by atoms with Crippen molar-refractivity contribution in [3.63, 3.8) is 0 Å². The molecule has 0 saturated carbocycles. The lowest BCUT2D eigenvalue weighted by Gasteiger charge is -2.17. The van der Waals surface area contributed by atoms with Gasteiger partial charge in [-0.25, -0.2) is 0 Å². The molecule has 0 saturated heterocycles. The largest absolute Gasteiger partial charge is 0.383 e. The smallest absolute Gasteiger partial charge is 0.269 e. The molecule has 25 heavy (non-hydrogen) atoms. The standard InChI is InChI=1S/C19H23N3O3/c1-12-6-7-21(19(24)17(12)9-20)10-18(23)16-8-13(2)22(15(16)4)14(3)11-25-5/h6-8,14H,10-11H2,1-5H3/t14-/m0/s1. The van der Waals surface area contributed by atoms with Gasteiger partial charge in [0.15, 0.2) is 5.78 Å². The van der Waals surface area contributed by atoms with E-state index < -0.39 is 5.56 Å². The molecule has 0 N–H and O–H groups in total. The number of carbonyl (C=O) groups is 1. The summed E-state index contributed by atoms with van der Waals surface area (Å²) in [6, 6.07) is 5.54. The number of Topliss-reactive ketones (excluding diaryl/α,β-unsaturated/α-hetero) is 1. The van der Waals surface area contributed by atoms with E-state index in [1.807, 2.05) is 32.9 Å². The molecule has 0 aliphatic heterocycles. The van der Waals surface area contributed by atoms with Gasteiger partial charge in [-0.3, -0.25) is 9.59 Å². The number of pyridine rings is 1. The third-order valence-electron chi connectivity index (χ3n) is 4.43. The van der Waals surface area contributed by atoms with Crippen LogP contribution in [0.15, 0.2) is 23.1 Å². The molecule has 0 amide bonds. The third kappa shape index (κ3) is 3.57. The van der Waals surface area contributed by atoms with Crippen LogP contribution >= 0.6 is 0 Å². The summed E-state index contributed by atoms with van der Waals surface area (Å²) < 4.78 is 8.56. The first-order valence-corrected chi connectivity index (χ1v) is 8.12. The van der Waals surface area contributed by atoms with Crippen molar-refractivity contribution in [3.05, 3.63) is 56.8 Å². The van der Waals surface area contributed by atoms with Crippen LogP contribution in [-0.2, 0) is 11.3 Å². The quantitative estimate of drug-likeness (QED) is 0.757. The highest BCUT2D eigenvalue weighted by atomic mass is 16.5. The van der Waals surface area contributed by atoms with Gasteiger partial charge in [-0.1, -0.05) is 0 Å². The molecular weight excluding hydrogens is 318 g/mol. The zero-order valence-electron chi connectivity index (χ0n) is 15.3. The van der Waals surface area contributed by atoms with Crippen molar-refractivity contribution in [3.8, 4) is 6.07 Å². The van der Waals surface area contributed by atoms with E-state index >= 15 is 0 Å². The molecule has 0 unspecified atom stereocenters. The lowest BCUT2D eigenvalue weighted by atomic mass is 10.1. The summed E-state index contributed by atoms with van der Waals surface area (Å²) in [5.41, 5.74) is 2.67. The average Bonchev–Trinajstić information content (AvgIpc) is 2.85. The number of nitrogens with zero attached hydrogens (tertiary/aromatic N) is 3. The number of rotatable bonds is 6. The number of aryl methyl sites for hydroxylation is 2. The minimum Gasteiger partial charge on any atom is -0.383 e. The van der Waals surface area contributed by atoms with Crippen LogP contribution < -0.4 is 5.56 Å². The van der Waals surface area contributed by atoms with E-state index in [2.05, 4.69) is 4.57 Å². The molecular formula is C19H23N3O3. The summed E-state index contributed by atoms with van der Waals surface area (Å²) in [5, 5.41) is 9.11. The van der Waals surface area contributed by atoms with Crippen molar-refractivity contribution in [1.29, 1.82) is 5.26 Å². The summed E-state index contributed by atoms with van der Waals surface area (Å²) >= 11 is 0. The maximum Gasteiger partial charge on any atom is 0.269 e. The second-order valence-electron chi connectivity index (χ2n) is 6.30. The number of ketones is 1. The molecule has 0 bridgehead atoms. The first kappa shape index (κ1) is 18.7. The Labute approximate surface area is 147 Å². The number of hydrogen-bond acceptors (Lipinski definition) is 4. The molecule has 2 aromatic heterocycles. The zero-order valence-corrected chi connectivity index (χ0v) is 15.3. The molecule has 6 heteroatoms. The molecule has 0 aliphatic carbocycles. The molecule has 2 rings (SSSR count). The van der Waals surface area contributed by atoms with Gasteiger partial charge in [0.05, 0.1) is 19.2 Å². The molecule has 0 spiro atoms. The summed E-state index contributed by atoms with van der Waals surface area (Å²) in [6.07, 6.45) is 1.56. The summed E-state index contributed by atoms with van der Waals surface area (Å²) in [4.78, 5) is 25.0. The van der Waals surface area contributed by atoms with Crippen molar-refractivity contribution in [1.82, 2.24) is 9.13 Å². The Morgan fingerprint density at radius 1 is 1.36 bits per heavy atom. The van der Waals surface area contributed by atoms with Crippen molar-refractivity contribution >= 4 is 5.78 Å².